The lowest BCUT2D eigenvalue weighted by atomic mass is 9.74. The van der Waals surface area contributed by atoms with Crippen molar-refractivity contribution in [3.63, 3.8) is 0 Å². The SMILES string of the molecule is CCC(C)(C)C1CNc2ccc(Cl)cc21. The molecule has 2 heteroatoms. The molecule has 0 aromatic heterocycles. The summed E-state index contributed by atoms with van der Waals surface area (Å²) in [5, 5.41) is 4.30. The molecule has 1 N–H and O–H groups in total. The first kappa shape index (κ1) is 10.8. The summed E-state index contributed by atoms with van der Waals surface area (Å²) in [6, 6.07) is 6.15. The molecule has 1 unspecified atom stereocenters. The van der Waals surface area contributed by atoms with E-state index in [1.807, 2.05) is 6.07 Å². The summed E-state index contributed by atoms with van der Waals surface area (Å²) in [6.45, 7) is 7.95. The standard InChI is InChI=1S/C13H18ClN/c1-4-13(2,3)11-8-15-12-6-5-9(14)7-10(11)12/h5-7,11,15H,4,8H2,1-3H3. The van der Waals surface area contributed by atoms with E-state index in [0.29, 0.717) is 11.3 Å². The number of nitrogens with one attached hydrogen (secondary N) is 1. The third-order valence-electron chi connectivity index (χ3n) is 3.74. The number of anilines is 1. The molecule has 1 heterocycles. The molecule has 0 radical (unpaired) electrons. The Bertz CT molecular complexity index is 371. The van der Waals surface area contributed by atoms with Gasteiger partial charge in [-0.25, -0.2) is 0 Å². The van der Waals surface area contributed by atoms with E-state index in [1.54, 1.807) is 0 Å². The van der Waals surface area contributed by atoms with Crippen LogP contribution in [0.5, 0.6) is 0 Å². The van der Waals surface area contributed by atoms with Crippen molar-refractivity contribution in [2.45, 2.75) is 33.1 Å². The van der Waals surface area contributed by atoms with Crippen LogP contribution in [0.1, 0.15) is 38.7 Å². The predicted molar refractivity (Wildman–Crippen MR) is 66.8 cm³/mol. The van der Waals surface area contributed by atoms with Crippen LogP contribution in [0.3, 0.4) is 0 Å². The number of rotatable bonds is 2. The van der Waals surface area contributed by atoms with E-state index in [4.69, 9.17) is 11.6 Å². The van der Waals surface area contributed by atoms with Crippen LogP contribution >= 0.6 is 11.6 Å². The first-order valence-corrected chi connectivity index (χ1v) is 5.95. The van der Waals surface area contributed by atoms with Crippen LogP contribution in [-0.2, 0) is 0 Å². The highest BCUT2D eigenvalue weighted by molar-refractivity contribution is 6.30. The summed E-state index contributed by atoms with van der Waals surface area (Å²) >= 11 is 6.05. The number of hydrogen-bond acceptors (Lipinski definition) is 1. The van der Waals surface area contributed by atoms with Gasteiger partial charge in [0.2, 0.25) is 0 Å². The first-order chi connectivity index (χ1) is 7.04. The normalized spacial score (nSPS) is 19.9. The van der Waals surface area contributed by atoms with Crippen molar-refractivity contribution >= 4 is 17.3 Å². The number of benzene rings is 1. The molecule has 0 bridgehead atoms. The molecule has 0 saturated carbocycles. The average Bonchev–Trinajstić information content (AvgIpc) is 2.61. The van der Waals surface area contributed by atoms with Gasteiger partial charge in [0.25, 0.3) is 0 Å². The van der Waals surface area contributed by atoms with Gasteiger partial charge >= 0.3 is 0 Å². The second kappa shape index (κ2) is 3.71. The molecule has 0 spiro atoms. The van der Waals surface area contributed by atoms with Gasteiger partial charge in [-0.05, 0) is 29.2 Å². The zero-order chi connectivity index (χ0) is 11.1. The zero-order valence-corrected chi connectivity index (χ0v) is 10.4. The topological polar surface area (TPSA) is 12.0 Å². The molecule has 1 aromatic carbocycles. The van der Waals surface area contributed by atoms with E-state index in [0.717, 1.165) is 11.6 Å². The van der Waals surface area contributed by atoms with E-state index < -0.39 is 0 Å². The molecule has 0 fully saturated rings. The van der Waals surface area contributed by atoms with E-state index >= 15 is 0 Å². The van der Waals surface area contributed by atoms with Crippen LogP contribution in [0.2, 0.25) is 5.02 Å². The molecule has 2 rings (SSSR count). The third kappa shape index (κ3) is 1.85. The fourth-order valence-electron chi connectivity index (χ4n) is 2.25. The van der Waals surface area contributed by atoms with E-state index in [9.17, 15) is 0 Å². The lowest BCUT2D eigenvalue weighted by Gasteiger charge is -2.30. The van der Waals surface area contributed by atoms with Gasteiger partial charge in [-0.2, -0.15) is 0 Å². The largest absolute Gasteiger partial charge is 0.384 e. The minimum Gasteiger partial charge on any atom is -0.384 e. The molecule has 1 aliphatic heterocycles. The fraction of sp³-hybridized carbons (Fsp3) is 0.538. The highest BCUT2D eigenvalue weighted by Gasteiger charge is 2.34. The van der Waals surface area contributed by atoms with Crippen LogP contribution in [0.25, 0.3) is 0 Å². The van der Waals surface area contributed by atoms with Gasteiger partial charge in [-0.3, -0.25) is 0 Å². The maximum absolute atomic E-state index is 6.05. The molecular formula is C13H18ClN. The van der Waals surface area contributed by atoms with Crippen LogP contribution < -0.4 is 5.32 Å². The second-order valence-electron chi connectivity index (χ2n) is 5.01. The monoisotopic (exact) mass is 223 g/mol. The Balaban J connectivity index is 2.39. The molecule has 0 amide bonds. The number of fused-ring (bicyclic) bond motifs is 1. The summed E-state index contributed by atoms with van der Waals surface area (Å²) in [7, 11) is 0. The highest BCUT2D eigenvalue weighted by Crippen LogP contribution is 2.45. The molecule has 1 atom stereocenters. The minimum absolute atomic E-state index is 0.336. The highest BCUT2D eigenvalue weighted by atomic mass is 35.5. The molecule has 1 aromatic rings. The minimum atomic E-state index is 0.336. The van der Waals surface area contributed by atoms with Gasteiger partial charge in [0.1, 0.15) is 0 Å². The number of hydrogen-bond donors (Lipinski definition) is 1. The van der Waals surface area contributed by atoms with Gasteiger partial charge in [0.15, 0.2) is 0 Å². The average molecular weight is 224 g/mol. The third-order valence-corrected chi connectivity index (χ3v) is 3.98. The summed E-state index contributed by atoms with van der Waals surface area (Å²) in [4.78, 5) is 0. The molecule has 82 valence electrons. The lowest BCUT2D eigenvalue weighted by Crippen LogP contribution is -2.22. The van der Waals surface area contributed by atoms with E-state index in [2.05, 4.69) is 38.2 Å². The van der Waals surface area contributed by atoms with E-state index in [-0.39, 0.29) is 0 Å². The molecule has 0 aliphatic carbocycles. The second-order valence-corrected chi connectivity index (χ2v) is 5.44. The molecule has 15 heavy (non-hydrogen) atoms. The number of halogens is 1. The smallest absolute Gasteiger partial charge is 0.0410 e. The maximum Gasteiger partial charge on any atom is 0.0410 e. The Kier molecular flexibility index (Phi) is 2.68. The van der Waals surface area contributed by atoms with Gasteiger partial charge in [0, 0.05) is 23.2 Å². The van der Waals surface area contributed by atoms with Crippen molar-refractivity contribution in [2.24, 2.45) is 5.41 Å². The van der Waals surface area contributed by atoms with E-state index in [1.165, 1.54) is 17.7 Å². The summed E-state index contributed by atoms with van der Waals surface area (Å²) in [6.07, 6.45) is 1.19. The Morgan fingerprint density at radius 2 is 2.20 bits per heavy atom. The Morgan fingerprint density at radius 1 is 1.47 bits per heavy atom. The predicted octanol–water partition coefficient (Wildman–Crippen LogP) is 4.29. The fourth-order valence-corrected chi connectivity index (χ4v) is 2.43. The summed E-state index contributed by atoms with van der Waals surface area (Å²) < 4.78 is 0. The molecule has 1 aliphatic rings. The summed E-state index contributed by atoms with van der Waals surface area (Å²) in [5.41, 5.74) is 2.98. The zero-order valence-electron chi connectivity index (χ0n) is 9.60. The summed E-state index contributed by atoms with van der Waals surface area (Å²) in [5.74, 6) is 0.580. The Morgan fingerprint density at radius 3 is 2.87 bits per heavy atom. The van der Waals surface area contributed by atoms with Crippen molar-refractivity contribution in [3.8, 4) is 0 Å². The molecular weight excluding hydrogens is 206 g/mol. The van der Waals surface area contributed by atoms with Crippen LogP contribution in [-0.4, -0.2) is 6.54 Å². The van der Waals surface area contributed by atoms with Gasteiger partial charge in [-0.15, -0.1) is 0 Å². The quantitative estimate of drug-likeness (QED) is 0.789. The van der Waals surface area contributed by atoms with Crippen molar-refractivity contribution in [1.82, 2.24) is 0 Å². The van der Waals surface area contributed by atoms with Crippen molar-refractivity contribution in [1.29, 1.82) is 0 Å². The van der Waals surface area contributed by atoms with Crippen LogP contribution in [0.4, 0.5) is 5.69 Å². The molecule has 1 nitrogen and oxygen atoms in total. The van der Waals surface area contributed by atoms with Crippen LogP contribution in [0, 0.1) is 5.41 Å². The van der Waals surface area contributed by atoms with Crippen molar-refractivity contribution < 1.29 is 0 Å². The van der Waals surface area contributed by atoms with Crippen LogP contribution in [0.15, 0.2) is 18.2 Å². The lowest BCUT2D eigenvalue weighted by molar-refractivity contribution is 0.289. The van der Waals surface area contributed by atoms with Gasteiger partial charge in [-0.1, -0.05) is 38.8 Å². The first-order valence-electron chi connectivity index (χ1n) is 5.58. The van der Waals surface area contributed by atoms with Gasteiger partial charge in [0.05, 0.1) is 0 Å². The van der Waals surface area contributed by atoms with Gasteiger partial charge < -0.3 is 5.32 Å². The Hall–Kier alpha value is -0.690. The maximum atomic E-state index is 6.05. The van der Waals surface area contributed by atoms with Crippen molar-refractivity contribution in [3.05, 3.63) is 28.8 Å². The van der Waals surface area contributed by atoms with Crippen molar-refractivity contribution in [2.75, 3.05) is 11.9 Å². The Labute approximate surface area is 96.8 Å². The molecule has 0 saturated heterocycles.